The van der Waals surface area contributed by atoms with Crippen molar-refractivity contribution in [1.29, 1.82) is 0 Å². The molecule has 1 aromatic heterocycles. The first-order valence-corrected chi connectivity index (χ1v) is 10.1. The van der Waals surface area contributed by atoms with Crippen molar-refractivity contribution in [3.63, 3.8) is 0 Å². The molecule has 0 saturated heterocycles. The second kappa shape index (κ2) is 9.74. The number of rotatable bonds is 8. The highest BCUT2D eigenvalue weighted by atomic mass is 16.2. The van der Waals surface area contributed by atoms with Gasteiger partial charge in [-0.25, -0.2) is 4.79 Å². The molecule has 168 valence electrons. The van der Waals surface area contributed by atoms with Crippen molar-refractivity contribution in [2.75, 3.05) is 31.2 Å². The minimum Gasteiger partial charge on any atom is -0.384 e. The number of nitrogen functional groups attached to an aromatic ring is 1. The summed E-state index contributed by atoms with van der Waals surface area (Å²) in [4.78, 5) is 51.7. The minimum absolute atomic E-state index is 0.0506. The van der Waals surface area contributed by atoms with Crippen LogP contribution in [0, 0.1) is 19.8 Å². The maximum absolute atomic E-state index is 12.9. The molecule has 0 radical (unpaired) electrons. The summed E-state index contributed by atoms with van der Waals surface area (Å²) in [6.07, 6.45) is 0. The molecule has 0 aliphatic rings. The molecule has 9 heteroatoms. The number of Topliss-reactive ketones (excluding diaryl/α,β-unsaturated/α-hetero) is 1. The molecule has 1 heterocycles. The van der Waals surface area contributed by atoms with Crippen LogP contribution in [0.3, 0.4) is 0 Å². The average Bonchev–Trinajstić information content (AvgIpc) is 2.67. The van der Waals surface area contributed by atoms with E-state index in [4.69, 9.17) is 5.73 Å². The van der Waals surface area contributed by atoms with E-state index in [1.165, 1.54) is 16.5 Å². The van der Waals surface area contributed by atoms with Crippen LogP contribution in [0.4, 0.5) is 11.5 Å². The number of likely N-dealkylation sites (N-methyl/N-ethyl adjacent to an activating group) is 1. The Morgan fingerprint density at radius 1 is 1.16 bits per heavy atom. The van der Waals surface area contributed by atoms with Crippen molar-refractivity contribution < 1.29 is 9.59 Å². The van der Waals surface area contributed by atoms with Gasteiger partial charge in [0.05, 0.1) is 13.1 Å². The molecule has 1 aromatic carbocycles. The van der Waals surface area contributed by atoms with Crippen LogP contribution in [0.5, 0.6) is 0 Å². The van der Waals surface area contributed by atoms with E-state index in [-0.39, 0.29) is 42.8 Å². The molecule has 31 heavy (non-hydrogen) atoms. The zero-order valence-corrected chi connectivity index (χ0v) is 19.0. The number of hydrogen-bond donors (Lipinski definition) is 2. The Kier molecular flexibility index (Phi) is 7.56. The first-order chi connectivity index (χ1) is 14.4. The molecule has 0 spiro atoms. The van der Waals surface area contributed by atoms with E-state index in [9.17, 15) is 19.2 Å². The number of aromatic nitrogens is 2. The number of anilines is 2. The molecule has 2 rings (SSSR count). The first kappa shape index (κ1) is 24.1. The second-order valence-electron chi connectivity index (χ2n) is 8.30. The molecule has 0 saturated carbocycles. The van der Waals surface area contributed by atoms with Crippen molar-refractivity contribution in [3.8, 4) is 0 Å². The lowest BCUT2D eigenvalue weighted by Gasteiger charge is -2.19. The number of hydrogen-bond acceptors (Lipinski definition) is 6. The van der Waals surface area contributed by atoms with Gasteiger partial charge >= 0.3 is 5.69 Å². The molecule has 0 unspecified atom stereocenters. The van der Waals surface area contributed by atoms with Gasteiger partial charge in [-0.05, 0) is 44.0 Å². The Morgan fingerprint density at radius 3 is 2.42 bits per heavy atom. The van der Waals surface area contributed by atoms with E-state index in [0.29, 0.717) is 5.69 Å². The van der Waals surface area contributed by atoms with Crippen LogP contribution in [-0.4, -0.2) is 45.9 Å². The third kappa shape index (κ3) is 5.49. The van der Waals surface area contributed by atoms with Crippen LogP contribution in [-0.2, 0) is 18.4 Å². The highest BCUT2D eigenvalue weighted by Gasteiger charge is 2.23. The van der Waals surface area contributed by atoms with Gasteiger partial charge in [0.25, 0.3) is 5.56 Å². The molecule has 0 aliphatic heterocycles. The summed E-state index contributed by atoms with van der Waals surface area (Å²) in [5, 5.41) is 2.84. The number of carbonyl (C=O) groups excluding carboxylic acids is 2. The summed E-state index contributed by atoms with van der Waals surface area (Å²) >= 11 is 0. The Labute approximate surface area is 181 Å². The highest BCUT2D eigenvalue weighted by molar-refractivity contribution is 6.01. The number of aryl methyl sites for hydroxylation is 1. The standard InChI is InChI=1S/C22H31N5O4/c1-13(2)10-27-20(23)19(21(30)26(6)22(27)31)17(28)11-25(5)12-18(29)24-16-9-7-8-14(3)15(16)4/h7-9,13H,10-12,23H2,1-6H3,(H,24,29). The van der Waals surface area contributed by atoms with Gasteiger partial charge in [-0.2, -0.15) is 0 Å². The van der Waals surface area contributed by atoms with E-state index in [2.05, 4.69) is 5.32 Å². The monoisotopic (exact) mass is 429 g/mol. The quantitative estimate of drug-likeness (QED) is 0.608. The number of ketones is 1. The summed E-state index contributed by atoms with van der Waals surface area (Å²) in [6.45, 7) is 7.72. The fraction of sp³-hybridized carbons (Fsp3) is 0.455. The maximum Gasteiger partial charge on any atom is 0.332 e. The summed E-state index contributed by atoms with van der Waals surface area (Å²) in [5.74, 6) is -0.871. The highest BCUT2D eigenvalue weighted by Crippen LogP contribution is 2.17. The third-order valence-corrected chi connectivity index (χ3v) is 5.12. The SMILES string of the molecule is Cc1cccc(NC(=O)CN(C)CC(=O)c2c(N)n(CC(C)C)c(=O)n(C)c2=O)c1C. The Hall–Kier alpha value is -3.20. The molecule has 0 bridgehead atoms. The Balaban J connectivity index is 2.18. The predicted molar refractivity (Wildman–Crippen MR) is 122 cm³/mol. The van der Waals surface area contributed by atoms with Gasteiger partial charge in [0, 0.05) is 19.3 Å². The van der Waals surface area contributed by atoms with E-state index in [0.717, 1.165) is 15.7 Å². The zero-order valence-electron chi connectivity index (χ0n) is 19.0. The van der Waals surface area contributed by atoms with E-state index in [1.807, 2.05) is 45.9 Å². The van der Waals surface area contributed by atoms with Gasteiger partial charge in [-0.15, -0.1) is 0 Å². The summed E-state index contributed by atoms with van der Waals surface area (Å²) in [6, 6.07) is 5.63. The van der Waals surface area contributed by atoms with Crippen LogP contribution >= 0.6 is 0 Å². The Bertz CT molecular complexity index is 1110. The first-order valence-electron chi connectivity index (χ1n) is 10.1. The van der Waals surface area contributed by atoms with Crippen LogP contribution in [0.1, 0.15) is 35.3 Å². The van der Waals surface area contributed by atoms with Crippen molar-refractivity contribution in [2.45, 2.75) is 34.2 Å². The minimum atomic E-state index is -0.735. The van der Waals surface area contributed by atoms with E-state index in [1.54, 1.807) is 7.05 Å². The number of benzene rings is 1. The lowest BCUT2D eigenvalue weighted by Crippen LogP contribution is -2.44. The number of nitrogens with zero attached hydrogens (tertiary/aromatic N) is 3. The predicted octanol–water partition coefficient (Wildman–Crippen LogP) is 1.16. The van der Waals surface area contributed by atoms with E-state index >= 15 is 0 Å². The molecule has 2 aromatic rings. The lowest BCUT2D eigenvalue weighted by atomic mass is 10.1. The van der Waals surface area contributed by atoms with Gasteiger partial charge in [-0.1, -0.05) is 26.0 Å². The number of carbonyl (C=O) groups is 2. The molecule has 3 N–H and O–H groups in total. The zero-order chi connectivity index (χ0) is 23.5. The van der Waals surface area contributed by atoms with Gasteiger partial charge in [0.15, 0.2) is 5.78 Å². The van der Waals surface area contributed by atoms with Crippen molar-refractivity contribution >= 4 is 23.2 Å². The largest absolute Gasteiger partial charge is 0.384 e. The average molecular weight is 430 g/mol. The molecular formula is C22H31N5O4. The number of nitrogens with one attached hydrogen (secondary N) is 1. The maximum atomic E-state index is 12.9. The van der Waals surface area contributed by atoms with Gasteiger partial charge in [0.1, 0.15) is 11.4 Å². The number of nitrogens with two attached hydrogens (primary N) is 1. The smallest absolute Gasteiger partial charge is 0.332 e. The third-order valence-electron chi connectivity index (χ3n) is 5.12. The van der Waals surface area contributed by atoms with Crippen LogP contribution in [0.2, 0.25) is 0 Å². The van der Waals surface area contributed by atoms with Crippen LogP contribution < -0.4 is 22.3 Å². The fourth-order valence-corrected chi connectivity index (χ4v) is 3.29. The van der Waals surface area contributed by atoms with Crippen molar-refractivity contribution in [1.82, 2.24) is 14.0 Å². The molecule has 1 amide bonds. The van der Waals surface area contributed by atoms with Gasteiger partial charge in [-0.3, -0.25) is 28.4 Å². The summed E-state index contributed by atoms with van der Waals surface area (Å²) < 4.78 is 2.13. The summed E-state index contributed by atoms with van der Waals surface area (Å²) in [5.41, 5.74) is 7.26. The normalized spacial score (nSPS) is 11.2. The fourth-order valence-electron chi connectivity index (χ4n) is 3.29. The molecule has 0 aliphatic carbocycles. The second-order valence-corrected chi connectivity index (χ2v) is 8.30. The van der Waals surface area contributed by atoms with E-state index < -0.39 is 17.0 Å². The van der Waals surface area contributed by atoms with Gasteiger partial charge < -0.3 is 11.1 Å². The van der Waals surface area contributed by atoms with Gasteiger partial charge in [0.2, 0.25) is 5.91 Å². The van der Waals surface area contributed by atoms with Crippen molar-refractivity contribution in [2.24, 2.45) is 13.0 Å². The molecule has 9 nitrogen and oxygen atoms in total. The number of amides is 1. The summed E-state index contributed by atoms with van der Waals surface area (Å²) in [7, 11) is 2.92. The Morgan fingerprint density at radius 2 is 1.81 bits per heavy atom. The van der Waals surface area contributed by atoms with Crippen LogP contribution in [0.15, 0.2) is 27.8 Å². The molecule has 0 fully saturated rings. The van der Waals surface area contributed by atoms with Crippen LogP contribution in [0.25, 0.3) is 0 Å². The molecule has 0 atom stereocenters. The molecular weight excluding hydrogens is 398 g/mol. The van der Waals surface area contributed by atoms with Crippen molar-refractivity contribution in [3.05, 3.63) is 55.7 Å². The lowest BCUT2D eigenvalue weighted by molar-refractivity contribution is -0.116. The topological polar surface area (TPSA) is 119 Å².